The molecular formula is C11H11N3O3. The molecule has 0 spiro atoms. The second-order valence-electron chi connectivity index (χ2n) is 3.47. The average molecular weight is 233 g/mol. The molecule has 6 nitrogen and oxygen atoms in total. The molecule has 1 amide bonds. The van der Waals surface area contributed by atoms with E-state index in [0.29, 0.717) is 5.82 Å². The highest BCUT2D eigenvalue weighted by Crippen LogP contribution is 2.28. The van der Waals surface area contributed by atoms with E-state index in [1.54, 1.807) is 13.1 Å². The third kappa shape index (κ3) is 2.05. The van der Waals surface area contributed by atoms with Gasteiger partial charge in [-0.15, -0.1) is 0 Å². The van der Waals surface area contributed by atoms with Gasteiger partial charge in [-0.1, -0.05) is 6.07 Å². The molecular weight excluding hydrogens is 222 g/mol. The van der Waals surface area contributed by atoms with Crippen LogP contribution in [0.15, 0.2) is 30.5 Å². The van der Waals surface area contributed by atoms with Gasteiger partial charge in [0.15, 0.2) is 11.5 Å². The van der Waals surface area contributed by atoms with E-state index in [0.717, 1.165) is 0 Å². The molecule has 1 heterocycles. The van der Waals surface area contributed by atoms with Crippen LogP contribution >= 0.6 is 0 Å². The van der Waals surface area contributed by atoms with Crippen molar-refractivity contribution in [3.8, 4) is 11.5 Å². The number of hydrogen-bond acceptors (Lipinski definition) is 4. The maximum atomic E-state index is 11.8. The molecule has 0 saturated carbocycles. The van der Waals surface area contributed by atoms with Gasteiger partial charge in [0.1, 0.15) is 5.82 Å². The zero-order valence-corrected chi connectivity index (χ0v) is 9.08. The minimum atomic E-state index is -0.512. The van der Waals surface area contributed by atoms with E-state index in [1.807, 2.05) is 0 Å². The number of aromatic hydroxyl groups is 2. The van der Waals surface area contributed by atoms with Gasteiger partial charge in [-0.2, -0.15) is 5.10 Å². The first kappa shape index (κ1) is 11.0. The summed E-state index contributed by atoms with van der Waals surface area (Å²) in [4.78, 5) is 11.8. The predicted molar refractivity (Wildman–Crippen MR) is 60.9 cm³/mol. The van der Waals surface area contributed by atoms with Crippen molar-refractivity contribution >= 4 is 11.7 Å². The fraction of sp³-hybridized carbons (Fsp3) is 0.0909. The molecule has 2 rings (SSSR count). The number of benzene rings is 1. The highest BCUT2D eigenvalue weighted by molar-refractivity contribution is 6.06. The Labute approximate surface area is 97.1 Å². The van der Waals surface area contributed by atoms with E-state index in [-0.39, 0.29) is 11.3 Å². The molecule has 0 aliphatic carbocycles. The molecule has 0 fully saturated rings. The summed E-state index contributed by atoms with van der Waals surface area (Å²) < 4.78 is 1.48. The maximum absolute atomic E-state index is 11.8. The lowest BCUT2D eigenvalue weighted by Crippen LogP contribution is -2.14. The molecule has 0 saturated heterocycles. The van der Waals surface area contributed by atoms with Crippen LogP contribution in [0.25, 0.3) is 0 Å². The summed E-state index contributed by atoms with van der Waals surface area (Å²) >= 11 is 0. The van der Waals surface area contributed by atoms with Gasteiger partial charge in [0, 0.05) is 13.1 Å². The second kappa shape index (κ2) is 4.17. The summed E-state index contributed by atoms with van der Waals surface area (Å²) in [5, 5.41) is 25.3. The van der Waals surface area contributed by atoms with Crippen molar-refractivity contribution in [3.63, 3.8) is 0 Å². The van der Waals surface area contributed by atoms with Crippen LogP contribution in [0, 0.1) is 0 Å². The summed E-state index contributed by atoms with van der Waals surface area (Å²) in [6.45, 7) is 0. The lowest BCUT2D eigenvalue weighted by molar-refractivity contribution is 0.102. The van der Waals surface area contributed by atoms with E-state index in [2.05, 4.69) is 10.4 Å². The average Bonchev–Trinajstić information content (AvgIpc) is 2.68. The molecule has 0 atom stereocenters. The Hall–Kier alpha value is -2.50. The first-order chi connectivity index (χ1) is 8.09. The Kier molecular flexibility index (Phi) is 2.70. The summed E-state index contributed by atoms with van der Waals surface area (Å²) in [6.07, 6.45) is 1.54. The van der Waals surface area contributed by atoms with Crippen LogP contribution in [0.3, 0.4) is 0 Å². The maximum Gasteiger partial charge on any atom is 0.260 e. The monoisotopic (exact) mass is 233 g/mol. The van der Waals surface area contributed by atoms with Crippen LogP contribution in [0.5, 0.6) is 11.5 Å². The third-order valence-corrected chi connectivity index (χ3v) is 2.32. The van der Waals surface area contributed by atoms with E-state index in [1.165, 1.54) is 29.1 Å². The number of nitrogens with one attached hydrogen (secondary N) is 1. The number of aryl methyl sites for hydroxylation is 1. The summed E-state index contributed by atoms with van der Waals surface area (Å²) in [6, 6.07) is 5.82. The number of phenolic OH excluding ortho intramolecular Hbond substituents is 2. The Morgan fingerprint density at radius 3 is 2.76 bits per heavy atom. The number of nitrogens with zero attached hydrogens (tertiary/aromatic N) is 2. The number of anilines is 1. The summed E-state index contributed by atoms with van der Waals surface area (Å²) in [5.41, 5.74) is 0.00574. The molecule has 3 N–H and O–H groups in total. The molecule has 88 valence electrons. The van der Waals surface area contributed by atoms with E-state index in [4.69, 9.17) is 0 Å². The topological polar surface area (TPSA) is 87.4 Å². The van der Waals surface area contributed by atoms with Crippen LogP contribution in [0.4, 0.5) is 5.82 Å². The van der Waals surface area contributed by atoms with Crippen molar-refractivity contribution in [1.29, 1.82) is 0 Å². The van der Waals surface area contributed by atoms with Crippen molar-refractivity contribution < 1.29 is 15.0 Å². The number of phenols is 2. The van der Waals surface area contributed by atoms with Crippen molar-refractivity contribution in [2.75, 3.05) is 5.32 Å². The van der Waals surface area contributed by atoms with Crippen molar-refractivity contribution in [1.82, 2.24) is 9.78 Å². The Bertz CT molecular complexity index is 563. The molecule has 6 heteroatoms. The number of rotatable bonds is 2. The third-order valence-electron chi connectivity index (χ3n) is 2.32. The first-order valence-corrected chi connectivity index (χ1v) is 4.90. The molecule has 0 unspecified atom stereocenters. The van der Waals surface area contributed by atoms with Crippen LogP contribution in [0.2, 0.25) is 0 Å². The van der Waals surface area contributed by atoms with Crippen LogP contribution in [0.1, 0.15) is 10.4 Å². The largest absolute Gasteiger partial charge is 0.504 e. The Balaban J connectivity index is 2.27. The standard InChI is InChI=1S/C11H11N3O3/c1-14-9(5-6-12-14)13-11(17)7-3-2-4-8(15)10(7)16/h2-6,15-16H,1H3,(H,13,17). The predicted octanol–water partition coefficient (Wildman–Crippen LogP) is 1.08. The fourth-order valence-electron chi connectivity index (χ4n) is 1.39. The fourth-order valence-corrected chi connectivity index (χ4v) is 1.39. The molecule has 0 aliphatic heterocycles. The highest BCUT2D eigenvalue weighted by atomic mass is 16.3. The number of hydrogen-bond donors (Lipinski definition) is 3. The number of amides is 1. The quantitative estimate of drug-likeness (QED) is 0.677. The molecule has 0 bridgehead atoms. The highest BCUT2D eigenvalue weighted by Gasteiger charge is 2.14. The van der Waals surface area contributed by atoms with E-state index >= 15 is 0 Å². The van der Waals surface area contributed by atoms with Gasteiger partial charge in [-0.3, -0.25) is 9.48 Å². The molecule has 0 aliphatic rings. The molecule has 2 aromatic rings. The van der Waals surface area contributed by atoms with Crippen LogP contribution < -0.4 is 5.32 Å². The lowest BCUT2D eigenvalue weighted by atomic mass is 10.1. The van der Waals surface area contributed by atoms with Gasteiger partial charge in [0.25, 0.3) is 5.91 Å². The van der Waals surface area contributed by atoms with Gasteiger partial charge in [0.2, 0.25) is 0 Å². The minimum absolute atomic E-state index is 0.00574. The Morgan fingerprint density at radius 2 is 2.12 bits per heavy atom. The van der Waals surface area contributed by atoms with E-state index in [9.17, 15) is 15.0 Å². The number of para-hydroxylation sites is 1. The first-order valence-electron chi connectivity index (χ1n) is 4.90. The lowest BCUT2D eigenvalue weighted by Gasteiger charge is -2.07. The zero-order valence-electron chi connectivity index (χ0n) is 9.08. The number of carbonyl (C=O) groups is 1. The molecule has 17 heavy (non-hydrogen) atoms. The smallest absolute Gasteiger partial charge is 0.260 e. The zero-order chi connectivity index (χ0) is 12.4. The molecule has 0 radical (unpaired) electrons. The normalized spacial score (nSPS) is 10.2. The van der Waals surface area contributed by atoms with Gasteiger partial charge in [0.05, 0.1) is 11.8 Å². The molecule has 1 aromatic heterocycles. The van der Waals surface area contributed by atoms with Crippen LogP contribution in [-0.4, -0.2) is 25.9 Å². The second-order valence-corrected chi connectivity index (χ2v) is 3.47. The minimum Gasteiger partial charge on any atom is -0.504 e. The summed E-state index contributed by atoms with van der Waals surface area (Å²) in [7, 11) is 1.68. The van der Waals surface area contributed by atoms with E-state index < -0.39 is 11.7 Å². The van der Waals surface area contributed by atoms with Crippen molar-refractivity contribution in [3.05, 3.63) is 36.0 Å². The van der Waals surface area contributed by atoms with Gasteiger partial charge >= 0.3 is 0 Å². The van der Waals surface area contributed by atoms with Gasteiger partial charge in [-0.25, -0.2) is 0 Å². The van der Waals surface area contributed by atoms with Gasteiger partial charge in [-0.05, 0) is 12.1 Å². The molecule has 1 aromatic carbocycles. The Morgan fingerprint density at radius 1 is 1.35 bits per heavy atom. The number of carbonyl (C=O) groups excluding carboxylic acids is 1. The SMILES string of the molecule is Cn1nccc1NC(=O)c1cccc(O)c1O. The van der Waals surface area contributed by atoms with Gasteiger partial charge < -0.3 is 15.5 Å². The van der Waals surface area contributed by atoms with Crippen molar-refractivity contribution in [2.24, 2.45) is 7.05 Å². The number of aromatic nitrogens is 2. The summed E-state index contributed by atoms with van der Waals surface area (Å²) in [5.74, 6) is -0.783. The van der Waals surface area contributed by atoms with Crippen molar-refractivity contribution in [2.45, 2.75) is 0 Å². The van der Waals surface area contributed by atoms with Crippen LogP contribution in [-0.2, 0) is 7.05 Å².